The van der Waals surface area contributed by atoms with Crippen LogP contribution in [0.4, 0.5) is 11.6 Å². The van der Waals surface area contributed by atoms with Gasteiger partial charge in [0.2, 0.25) is 0 Å². The van der Waals surface area contributed by atoms with Gasteiger partial charge in [-0.25, -0.2) is 9.97 Å². The molecule has 1 aromatic heterocycles. The fraction of sp³-hybridized carbons (Fsp3) is 0.667. The van der Waals surface area contributed by atoms with Crippen LogP contribution in [-0.2, 0) is 6.42 Å². The Morgan fingerprint density at radius 3 is 2.59 bits per heavy atom. The Hall–Kier alpha value is -1.36. The van der Waals surface area contributed by atoms with E-state index in [1.54, 1.807) is 6.33 Å². The van der Waals surface area contributed by atoms with E-state index in [0.29, 0.717) is 6.04 Å². The predicted molar refractivity (Wildman–Crippen MR) is 68.2 cm³/mol. The Balaban J connectivity index is 2.12. The van der Waals surface area contributed by atoms with Gasteiger partial charge in [0.15, 0.2) is 0 Å². The summed E-state index contributed by atoms with van der Waals surface area (Å²) in [5, 5.41) is 15.9. The van der Waals surface area contributed by atoms with Gasteiger partial charge >= 0.3 is 0 Å². The molecule has 1 aromatic rings. The summed E-state index contributed by atoms with van der Waals surface area (Å²) in [4.78, 5) is 8.55. The summed E-state index contributed by atoms with van der Waals surface area (Å²) in [5.41, 5.74) is 1.12. The highest BCUT2D eigenvalue weighted by molar-refractivity contribution is 5.57. The van der Waals surface area contributed by atoms with Gasteiger partial charge in [-0.05, 0) is 26.2 Å². The van der Waals surface area contributed by atoms with Gasteiger partial charge in [-0.2, -0.15) is 0 Å². The molecule has 94 valence electrons. The van der Waals surface area contributed by atoms with Gasteiger partial charge in [0.25, 0.3) is 0 Å². The Morgan fingerprint density at radius 1 is 1.29 bits per heavy atom. The molecule has 1 aliphatic rings. The van der Waals surface area contributed by atoms with Crippen LogP contribution in [0.2, 0.25) is 0 Å². The van der Waals surface area contributed by atoms with Gasteiger partial charge in [-0.3, -0.25) is 0 Å². The number of hydrogen-bond donors (Lipinski definition) is 3. The second-order valence-corrected chi connectivity index (χ2v) is 4.40. The highest BCUT2D eigenvalue weighted by atomic mass is 16.3. The summed E-state index contributed by atoms with van der Waals surface area (Å²) in [7, 11) is 0. The van der Waals surface area contributed by atoms with E-state index in [-0.39, 0.29) is 6.10 Å². The number of hydrogen-bond acceptors (Lipinski definition) is 5. The van der Waals surface area contributed by atoms with E-state index < -0.39 is 0 Å². The molecule has 1 saturated carbocycles. The van der Waals surface area contributed by atoms with Crippen molar-refractivity contribution in [1.29, 1.82) is 0 Å². The van der Waals surface area contributed by atoms with E-state index in [0.717, 1.165) is 43.0 Å². The van der Waals surface area contributed by atoms with E-state index >= 15 is 0 Å². The standard InChI is InChI=1S/C12H20N4O/c1-3-10-11(13-4-2)14-7-15-12(10)16-8-5-9(17)6-8/h7-9,17H,3-6H2,1-2H3,(H2,13,14,15,16). The Bertz CT molecular complexity index is 377. The minimum atomic E-state index is -0.146. The van der Waals surface area contributed by atoms with Gasteiger partial charge in [0, 0.05) is 18.2 Å². The van der Waals surface area contributed by atoms with Gasteiger partial charge in [-0.1, -0.05) is 6.92 Å². The monoisotopic (exact) mass is 236 g/mol. The quantitative estimate of drug-likeness (QED) is 0.721. The van der Waals surface area contributed by atoms with Crippen molar-refractivity contribution >= 4 is 11.6 Å². The third-order valence-electron chi connectivity index (χ3n) is 3.10. The first-order valence-electron chi connectivity index (χ1n) is 6.26. The first-order chi connectivity index (χ1) is 8.24. The number of anilines is 2. The van der Waals surface area contributed by atoms with Crippen LogP contribution in [0.1, 0.15) is 32.3 Å². The number of aliphatic hydroxyl groups excluding tert-OH is 1. The van der Waals surface area contributed by atoms with Crippen LogP contribution in [0.3, 0.4) is 0 Å². The highest BCUT2D eigenvalue weighted by Crippen LogP contribution is 2.27. The number of rotatable bonds is 5. The maximum Gasteiger partial charge on any atom is 0.134 e. The highest BCUT2D eigenvalue weighted by Gasteiger charge is 2.28. The maximum atomic E-state index is 9.28. The summed E-state index contributed by atoms with van der Waals surface area (Å²) in [6, 6.07) is 0.347. The van der Waals surface area contributed by atoms with Crippen molar-refractivity contribution in [3.05, 3.63) is 11.9 Å². The number of aromatic nitrogens is 2. The molecule has 0 aliphatic heterocycles. The average Bonchev–Trinajstić information content (AvgIpc) is 2.28. The SMILES string of the molecule is CCNc1ncnc(NC2CC(O)C2)c1CC. The van der Waals surface area contributed by atoms with Crippen LogP contribution in [0.25, 0.3) is 0 Å². The minimum Gasteiger partial charge on any atom is -0.393 e. The van der Waals surface area contributed by atoms with Gasteiger partial charge < -0.3 is 15.7 Å². The molecule has 0 bridgehead atoms. The molecule has 0 spiro atoms. The molecular weight excluding hydrogens is 216 g/mol. The van der Waals surface area contributed by atoms with Crippen LogP contribution in [0, 0.1) is 0 Å². The maximum absolute atomic E-state index is 9.28. The molecule has 0 radical (unpaired) electrons. The molecule has 0 aromatic carbocycles. The number of nitrogens with zero attached hydrogens (tertiary/aromatic N) is 2. The minimum absolute atomic E-state index is 0.146. The summed E-state index contributed by atoms with van der Waals surface area (Å²) >= 11 is 0. The van der Waals surface area contributed by atoms with Crippen molar-refractivity contribution in [1.82, 2.24) is 9.97 Å². The van der Waals surface area contributed by atoms with Crippen molar-refractivity contribution in [2.24, 2.45) is 0 Å². The Morgan fingerprint density at radius 2 is 2.00 bits per heavy atom. The molecule has 0 amide bonds. The van der Waals surface area contributed by atoms with Gasteiger partial charge in [0.1, 0.15) is 18.0 Å². The summed E-state index contributed by atoms with van der Waals surface area (Å²) < 4.78 is 0. The van der Waals surface area contributed by atoms with Crippen LogP contribution >= 0.6 is 0 Å². The zero-order valence-corrected chi connectivity index (χ0v) is 10.4. The van der Waals surface area contributed by atoms with E-state index in [4.69, 9.17) is 0 Å². The Kier molecular flexibility index (Phi) is 3.78. The molecule has 2 rings (SSSR count). The largest absolute Gasteiger partial charge is 0.393 e. The molecule has 1 aliphatic carbocycles. The average molecular weight is 236 g/mol. The number of nitrogens with one attached hydrogen (secondary N) is 2. The molecule has 1 fully saturated rings. The van der Waals surface area contributed by atoms with Crippen molar-refractivity contribution < 1.29 is 5.11 Å². The lowest BCUT2D eigenvalue weighted by Gasteiger charge is -2.33. The van der Waals surface area contributed by atoms with Gasteiger partial charge in [0.05, 0.1) is 6.10 Å². The zero-order valence-electron chi connectivity index (χ0n) is 10.4. The molecule has 1 heterocycles. The van der Waals surface area contributed by atoms with Crippen LogP contribution in [-0.4, -0.2) is 33.8 Å². The normalized spacial score (nSPS) is 23.0. The fourth-order valence-corrected chi connectivity index (χ4v) is 2.09. The third kappa shape index (κ3) is 2.66. The van der Waals surface area contributed by atoms with Crippen molar-refractivity contribution in [2.45, 2.75) is 45.3 Å². The summed E-state index contributed by atoms with van der Waals surface area (Å²) in [5.74, 6) is 1.81. The predicted octanol–water partition coefficient (Wildman–Crippen LogP) is 1.41. The van der Waals surface area contributed by atoms with Crippen LogP contribution < -0.4 is 10.6 Å². The lowest BCUT2D eigenvalue weighted by atomic mass is 9.89. The second-order valence-electron chi connectivity index (χ2n) is 4.40. The van der Waals surface area contributed by atoms with E-state index in [1.165, 1.54) is 0 Å². The molecular formula is C12H20N4O. The van der Waals surface area contributed by atoms with Crippen LogP contribution in [0.5, 0.6) is 0 Å². The second kappa shape index (κ2) is 5.31. The lowest BCUT2D eigenvalue weighted by Crippen LogP contribution is -2.39. The van der Waals surface area contributed by atoms with Crippen molar-refractivity contribution in [2.75, 3.05) is 17.2 Å². The molecule has 0 saturated heterocycles. The summed E-state index contributed by atoms with van der Waals surface area (Å²) in [6.45, 7) is 5.00. The van der Waals surface area contributed by atoms with Gasteiger partial charge in [-0.15, -0.1) is 0 Å². The van der Waals surface area contributed by atoms with E-state index in [1.807, 2.05) is 0 Å². The fourth-order valence-electron chi connectivity index (χ4n) is 2.09. The third-order valence-corrected chi connectivity index (χ3v) is 3.10. The molecule has 0 unspecified atom stereocenters. The molecule has 0 atom stereocenters. The first-order valence-corrected chi connectivity index (χ1v) is 6.26. The number of aliphatic hydroxyl groups is 1. The Labute approximate surface area is 102 Å². The van der Waals surface area contributed by atoms with E-state index in [9.17, 15) is 5.11 Å². The molecule has 5 nitrogen and oxygen atoms in total. The molecule has 5 heteroatoms. The lowest BCUT2D eigenvalue weighted by molar-refractivity contribution is 0.0835. The van der Waals surface area contributed by atoms with Crippen molar-refractivity contribution in [3.63, 3.8) is 0 Å². The topological polar surface area (TPSA) is 70.1 Å². The van der Waals surface area contributed by atoms with Crippen LogP contribution in [0.15, 0.2) is 6.33 Å². The van der Waals surface area contributed by atoms with E-state index in [2.05, 4.69) is 34.4 Å². The zero-order chi connectivity index (χ0) is 12.3. The molecule has 17 heavy (non-hydrogen) atoms. The first kappa shape index (κ1) is 12.1. The molecule has 3 N–H and O–H groups in total. The smallest absolute Gasteiger partial charge is 0.134 e. The van der Waals surface area contributed by atoms with Crippen molar-refractivity contribution in [3.8, 4) is 0 Å². The summed E-state index contributed by atoms with van der Waals surface area (Å²) in [6.07, 6.45) is 3.94.